The van der Waals surface area contributed by atoms with Crippen LogP contribution in [0.15, 0.2) is 6.07 Å². The third kappa shape index (κ3) is 4.68. The molecule has 0 saturated carbocycles. The molecule has 4 heteroatoms. The number of nitrogens with zero attached hydrogens (tertiary/aromatic N) is 2. The zero-order valence-electron chi connectivity index (χ0n) is 11.2. The van der Waals surface area contributed by atoms with E-state index in [4.69, 9.17) is 11.6 Å². The number of halogens is 1. The molecule has 0 spiro atoms. The van der Waals surface area contributed by atoms with E-state index in [0.29, 0.717) is 5.92 Å². The van der Waals surface area contributed by atoms with Crippen molar-refractivity contribution in [1.82, 2.24) is 15.1 Å². The maximum Gasteiger partial charge on any atom is 0.0597 e. The van der Waals surface area contributed by atoms with Crippen LogP contribution in [0.4, 0.5) is 0 Å². The summed E-state index contributed by atoms with van der Waals surface area (Å²) in [5.74, 6) is 1.44. The molecule has 0 radical (unpaired) electrons. The second-order valence-corrected chi connectivity index (χ2v) is 4.85. The van der Waals surface area contributed by atoms with Gasteiger partial charge in [-0.2, -0.15) is 5.10 Å². The smallest absolute Gasteiger partial charge is 0.0597 e. The second-order valence-electron chi connectivity index (χ2n) is 4.48. The van der Waals surface area contributed by atoms with Gasteiger partial charge in [-0.3, -0.25) is 4.68 Å². The molecule has 1 heterocycles. The molecule has 0 aliphatic rings. The van der Waals surface area contributed by atoms with Gasteiger partial charge in [-0.05, 0) is 38.8 Å². The molecule has 17 heavy (non-hydrogen) atoms. The molecule has 0 saturated heterocycles. The number of nitrogens with one attached hydrogen (secondary N) is 1. The number of rotatable bonds is 8. The summed E-state index contributed by atoms with van der Waals surface area (Å²) < 4.78 is 2.06. The highest BCUT2D eigenvalue weighted by molar-refractivity contribution is 6.17. The average Bonchev–Trinajstić information content (AvgIpc) is 2.68. The number of aryl methyl sites for hydroxylation is 2. The highest BCUT2D eigenvalue weighted by atomic mass is 35.5. The number of aromatic nitrogens is 2. The Kier molecular flexibility index (Phi) is 6.60. The zero-order chi connectivity index (χ0) is 12.7. The largest absolute Gasteiger partial charge is 0.311 e. The van der Waals surface area contributed by atoms with Crippen LogP contribution in [-0.4, -0.2) is 22.2 Å². The molecule has 1 aromatic rings. The van der Waals surface area contributed by atoms with Crippen molar-refractivity contribution in [3.8, 4) is 0 Å². The summed E-state index contributed by atoms with van der Waals surface area (Å²) in [6.07, 6.45) is 2.28. The summed E-state index contributed by atoms with van der Waals surface area (Å²) in [6, 6.07) is 2.15. The Balaban J connectivity index is 2.39. The maximum atomic E-state index is 5.78. The van der Waals surface area contributed by atoms with Crippen molar-refractivity contribution < 1.29 is 0 Å². The van der Waals surface area contributed by atoms with Crippen LogP contribution >= 0.6 is 11.6 Å². The van der Waals surface area contributed by atoms with Gasteiger partial charge in [0.1, 0.15) is 0 Å². The molecule has 0 fully saturated rings. The molecule has 3 nitrogen and oxygen atoms in total. The average molecular weight is 258 g/mol. The molecule has 1 unspecified atom stereocenters. The first-order chi connectivity index (χ1) is 8.21. The minimum Gasteiger partial charge on any atom is -0.311 e. The Bertz CT molecular complexity index is 322. The van der Waals surface area contributed by atoms with E-state index in [1.54, 1.807) is 0 Å². The number of hydrogen-bond acceptors (Lipinski definition) is 2. The van der Waals surface area contributed by atoms with Crippen LogP contribution in [0, 0.1) is 12.8 Å². The fraction of sp³-hybridized carbons (Fsp3) is 0.769. The molecule has 1 rings (SSSR count). The first kappa shape index (κ1) is 14.5. The first-order valence-corrected chi connectivity index (χ1v) is 7.04. The SMILES string of the molecule is CCC(CCCl)CNCc1cc(C)nn1CC. The summed E-state index contributed by atoms with van der Waals surface area (Å²) >= 11 is 5.78. The standard InChI is InChI=1S/C13H24ClN3/c1-4-12(6-7-14)9-15-10-13-8-11(3)16-17(13)5-2/h8,12,15H,4-7,9-10H2,1-3H3. The minimum absolute atomic E-state index is 0.687. The van der Waals surface area contributed by atoms with Crippen LogP contribution in [0.2, 0.25) is 0 Å². The lowest BCUT2D eigenvalue weighted by molar-refractivity contribution is 0.444. The Morgan fingerprint density at radius 3 is 2.82 bits per heavy atom. The van der Waals surface area contributed by atoms with Gasteiger partial charge in [0, 0.05) is 19.0 Å². The lowest BCUT2D eigenvalue weighted by Crippen LogP contribution is -2.23. The van der Waals surface area contributed by atoms with E-state index in [1.165, 1.54) is 12.1 Å². The van der Waals surface area contributed by atoms with E-state index < -0.39 is 0 Å². The van der Waals surface area contributed by atoms with Crippen molar-refractivity contribution >= 4 is 11.6 Å². The van der Waals surface area contributed by atoms with Crippen LogP contribution in [0.1, 0.15) is 38.1 Å². The van der Waals surface area contributed by atoms with Crippen LogP contribution in [0.25, 0.3) is 0 Å². The third-order valence-corrected chi connectivity index (χ3v) is 3.34. The van der Waals surface area contributed by atoms with E-state index in [9.17, 15) is 0 Å². The molecule has 1 aromatic heterocycles. The van der Waals surface area contributed by atoms with Gasteiger partial charge in [-0.1, -0.05) is 13.3 Å². The Hall–Kier alpha value is -0.540. The molecule has 0 bridgehead atoms. The first-order valence-electron chi connectivity index (χ1n) is 6.51. The Labute approximate surface area is 110 Å². The fourth-order valence-corrected chi connectivity index (χ4v) is 2.33. The van der Waals surface area contributed by atoms with Crippen molar-refractivity contribution in [2.75, 3.05) is 12.4 Å². The van der Waals surface area contributed by atoms with Crippen molar-refractivity contribution in [1.29, 1.82) is 0 Å². The monoisotopic (exact) mass is 257 g/mol. The normalized spacial score (nSPS) is 12.9. The van der Waals surface area contributed by atoms with Gasteiger partial charge in [0.05, 0.1) is 11.4 Å². The molecule has 0 aromatic carbocycles. The molecular formula is C13H24ClN3. The van der Waals surface area contributed by atoms with Gasteiger partial charge in [0.2, 0.25) is 0 Å². The Morgan fingerprint density at radius 2 is 2.24 bits per heavy atom. The van der Waals surface area contributed by atoms with Crippen molar-refractivity contribution in [3.63, 3.8) is 0 Å². The summed E-state index contributed by atoms with van der Waals surface area (Å²) in [5, 5.41) is 7.95. The van der Waals surface area contributed by atoms with Gasteiger partial charge < -0.3 is 5.32 Å². The minimum atomic E-state index is 0.687. The Morgan fingerprint density at radius 1 is 1.47 bits per heavy atom. The molecule has 0 aliphatic heterocycles. The second kappa shape index (κ2) is 7.72. The topological polar surface area (TPSA) is 29.9 Å². The van der Waals surface area contributed by atoms with Gasteiger partial charge in [0.15, 0.2) is 0 Å². The van der Waals surface area contributed by atoms with Gasteiger partial charge in [-0.15, -0.1) is 11.6 Å². The lowest BCUT2D eigenvalue weighted by Gasteiger charge is -2.14. The van der Waals surface area contributed by atoms with E-state index in [2.05, 4.69) is 35.0 Å². The molecule has 0 aliphatic carbocycles. The predicted octanol–water partition coefficient (Wildman–Crippen LogP) is 2.96. The van der Waals surface area contributed by atoms with Gasteiger partial charge >= 0.3 is 0 Å². The maximum absolute atomic E-state index is 5.78. The summed E-state index contributed by atoms with van der Waals surface area (Å²) in [6.45, 7) is 9.25. The van der Waals surface area contributed by atoms with Crippen LogP contribution in [0.3, 0.4) is 0 Å². The van der Waals surface area contributed by atoms with Gasteiger partial charge in [0.25, 0.3) is 0 Å². The number of alkyl halides is 1. The van der Waals surface area contributed by atoms with Crippen molar-refractivity contribution in [2.45, 2.75) is 46.7 Å². The molecule has 0 amide bonds. The van der Waals surface area contributed by atoms with Crippen LogP contribution < -0.4 is 5.32 Å². The van der Waals surface area contributed by atoms with Crippen molar-refractivity contribution in [3.05, 3.63) is 17.5 Å². The predicted molar refractivity (Wildman–Crippen MR) is 73.5 cm³/mol. The lowest BCUT2D eigenvalue weighted by atomic mass is 10.0. The molecule has 1 atom stereocenters. The fourth-order valence-electron chi connectivity index (χ4n) is 2.02. The van der Waals surface area contributed by atoms with Crippen molar-refractivity contribution in [2.24, 2.45) is 5.92 Å². The summed E-state index contributed by atoms with van der Waals surface area (Å²) in [4.78, 5) is 0. The number of hydrogen-bond donors (Lipinski definition) is 1. The van der Waals surface area contributed by atoms with E-state index in [1.807, 2.05) is 6.92 Å². The summed E-state index contributed by atoms with van der Waals surface area (Å²) in [5.41, 5.74) is 2.36. The highest BCUT2D eigenvalue weighted by Gasteiger charge is 2.07. The van der Waals surface area contributed by atoms with Crippen LogP contribution in [-0.2, 0) is 13.1 Å². The zero-order valence-corrected chi connectivity index (χ0v) is 11.9. The molecule has 1 N–H and O–H groups in total. The van der Waals surface area contributed by atoms with E-state index in [0.717, 1.165) is 37.6 Å². The van der Waals surface area contributed by atoms with E-state index in [-0.39, 0.29) is 0 Å². The van der Waals surface area contributed by atoms with Crippen LogP contribution in [0.5, 0.6) is 0 Å². The quantitative estimate of drug-likeness (QED) is 0.726. The van der Waals surface area contributed by atoms with E-state index >= 15 is 0 Å². The summed E-state index contributed by atoms with van der Waals surface area (Å²) in [7, 11) is 0. The molecule has 98 valence electrons. The third-order valence-electron chi connectivity index (χ3n) is 3.12. The molecular weight excluding hydrogens is 234 g/mol. The van der Waals surface area contributed by atoms with Gasteiger partial charge in [-0.25, -0.2) is 0 Å². The highest BCUT2D eigenvalue weighted by Crippen LogP contribution is 2.09.